The van der Waals surface area contributed by atoms with Crippen LogP contribution in [0, 0.1) is 5.82 Å². The number of hydrogen-bond donors (Lipinski definition) is 1. The maximum atomic E-state index is 14.7. The Hall–Kier alpha value is -2.58. The first-order valence-electron chi connectivity index (χ1n) is 7.90. The van der Waals surface area contributed by atoms with Crippen LogP contribution < -0.4 is 15.2 Å². The number of nitrogen functional groups attached to an aromatic ring is 1. The van der Waals surface area contributed by atoms with Gasteiger partial charge in [-0.1, -0.05) is 30.1 Å². The van der Waals surface area contributed by atoms with Crippen LogP contribution >= 0.6 is 23.2 Å². The van der Waals surface area contributed by atoms with E-state index in [2.05, 4.69) is 15.0 Å². The minimum atomic E-state index is -0.725. The summed E-state index contributed by atoms with van der Waals surface area (Å²) in [5.74, 6) is -0.646. The van der Waals surface area contributed by atoms with Gasteiger partial charge in [0.1, 0.15) is 17.0 Å². The third-order valence-electron chi connectivity index (χ3n) is 3.51. The van der Waals surface area contributed by atoms with E-state index >= 15 is 0 Å². The van der Waals surface area contributed by atoms with Crippen molar-refractivity contribution in [2.45, 2.75) is 13.3 Å². The summed E-state index contributed by atoms with van der Waals surface area (Å²) in [4.78, 5) is 12.4. The Balaban J connectivity index is 2.09. The van der Waals surface area contributed by atoms with Gasteiger partial charge in [0.05, 0.1) is 24.3 Å². The molecule has 0 saturated heterocycles. The van der Waals surface area contributed by atoms with E-state index in [1.807, 2.05) is 6.92 Å². The zero-order chi connectivity index (χ0) is 19.6. The van der Waals surface area contributed by atoms with Gasteiger partial charge >= 0.3 is 5.95 Å². The fourth-order valence-corrected chi connectivity index (χ4v) is 2.65. The van der Waals surface area contributed by atoms with Crippen LogP contribution in [0.25, 0.3) is 23.0 Å². The van der Waals surface area contributed by atoms with Crippen LogP contribution in [0.2, 0.25) is 10.0 Å². The molecule has 142 valence electrons. The van der Waals surface area contributed by atoms with Crippen LogP contribution in [0.4, 0.5) is 10.2 Å². The van der Waals surface area contributed by atoms with E-state index in [9.17, 15) is 4.39 Å². The van der Waals surface area contributed by atoms with Gasteiger partial charge in [-0.3, -0.25) is 0 Å². The summed E-state index contributed by atoms with van der Waals surface area (Å²) in [6.07, 6.45) is 2.20. The average Bonchev–Trinajstić information content (AvgIpc) is 3.11. The zero-order valence-electron chi connectivity index (χ0n) is 14.4. The Morgan fingerprint density at radius 1 is 1.26 bits per heavy atom. The monoisotopic (exact) mass is 412 g/mol. The lowest BCUT2D eigenvalue weighted by Crippen LogP contribution is -2.02. The fraction of sp³-hybridized carbons (Fsp3) is 0.235. The first-order valence-corrected chi connectivity index (χ1v) is 8.66. The van der Waals surface area contributed by atoms with E-state index in [-0.39, 0.29) is 50.5 Å². The van der Waals surface area contributed by atoms with Gasteiger partial charge in [0.15, 0.2) is 23.1 Å². The molecule has 0 aliphatic carbocycles. The second-order valence-corrected chi connectivity index (χ2v) is 6.16. The normalized spacial score (nSPS) is 10.9. The Labute approximate surface area is 164 Å². The van der Waals surface area contributed by atoms with Crippen LogP contribution in [0.5, 0.6) is 11.7 Å². The number of methoxy groups -OCH3 is 1. The third kappa shape index (κ3) is 3.77. The molecule has 0 saturated carbocycles. The minimum absolute atomic E-state index is 0.0198. The number of nitrogens with two attached hydrogens (primary N) is 1. The second kappa shape index (κ2) is 7.98. The van der Waals surface area contributed by atoms with Crippen molar-refractivity contribution in [1.82, 2.24) is 15.0 Å². The van der Waals surface area contributed by atoms with Crippen molar-refractivity contribution >= 4 is 29.0 Å². The number of nitrogens with zero attached hydrogens (tertiary/aromatic N) is 3. The number of hydrogen-bond acceptors (Lipinski definition) is 7. The maximum Gasteiger partial charge on any atom is 0.305 e. The molecule has 0 atom stereocenters. The van der Waals surface area contributed by atoms with Crippen LogP contribution in [0.3, 0.4) is 0 Å². The number of ether oxygens (including phenoxy) is 2. The number of rotatable bonds is 6. The summed E-state index contributed by atoms with van der Waals surface area (Å²) >= 11 is 12.1. The van der Waals surface area contributed by atoms with Gasteiger partial charge in [-0.15, -0.1) is 0 Å². The predicted molar refractivity (Wildman–Crippen MR) is 99.7 cm³/mol. The van der Waals surface area contributed by atoms with Crippen molar-refractivity contribution in [3.63, 3.8) is 0 Å². The molecule has 2 heterocycles. The summed E-state index contributed by atoms with van der Waals surface area (Å²) in [6.45, 7) is 2.43. The van der Waals surface area contributed by atoms with E-state index in [0.717, 1.165) is 6.42 Å². The molecule has 0 fully saturated rings. The van der Waals surface area contributed by atoms with Crippen LogP contribution in [-0.2, 0) is 0 Å². The highest BCUT2D eigenvalue weighted by atomic mass is 35.5. The molecule has 3 aromatic rings. The molecule has 0 aliphatic heterocycles. The van der Waals surface area contributed by atoms with Crippen molar-refractivity contribution in [1.29, 1.82) is 0 Å². The number of oxazole rings is 1. The molecule has 0 bridgehead atoms. The highest BCUT2D eigenvalue weighted by molar-refractivity contribution is 6.35. The van der Waals surface area contributed by atoms with E-state index in [4.69, 9.17) is 42.8 Å². The molecule has 0 radical (unpaired) electrons. The predicted octanol–water partition coefficient (Wildman–Crippen LogP) is 4.62. The van der Waals surface area contributed by atoms with Crippen LogP contribution in [0.15, 0.2) is 22.7 Å². The van der Waals surface area contributed by atoms with Gasteiger partial charge < -0.3 is 19.6 Å². The fourth-order valence-electron chi connectivity index (χ4n) is 2.26. The highest BCUT2D eigenvalue weighted by Crippen LogP contribution is 2.37. The van der Waals surface area contributed by atoms with Crippen molar-refractivity contribution in [2.24, 2.45) is 0 Å². The summed E-state index contributed by atoms with van der Waals surface area (Å²) < 4.78 is 30.5. The van der Waals surface area contributed by atoms with E-state index in [1.165, 1.54) is 25.4 Å². The van der Waals surface area contributed by atoms with Gasteiger partial charge in [0, 0.05) is 0 Å². The lowest BCUT2D eigenvalue weighted by atomic mass is 10.1. The molecular formula is C17H15Cl2FN4O3. The number of anilines is 1. The van der Waals surface area contributed by atoms with Gasteiger partial charge in [-0.05, 0) is 18.6 Å². The topological polar surface area (TPSA) is 96.3 Å². The standard InChI is InChI=1S/C17H15Cl2FN4O3/c1-3-6-26-10-7-22-17(27-10)13-11(19)15(21)24-16(23-13)8-4-5-9(18)14(25-2)12(8)20/h4-5,7H,3,6H2,1-2H3,(H2,21,23,24). The maximum absolute atomic E-state index is 14.7. The van der Waals surface area contributed by atoms with E-state index in [1.54, 1.807) is 0 Å². The number of aromatic nitrogens is 3. The largest absolute Gasteiger partial charge is 0.492 e. The van der Waals surface area contributed by atoms with Gasteiger partial charge in [-0.2, -0.15) is 0 Å². The van der Waals surface area contributed by atoms with Crippen molar-refractivity contribution in [2.75, 3.05) is 19.5 Å². The van der Waals surface area contributed by atoms with Crippen molar-refractivity contribution < 1.29 is 18.3 Å². The molecule has 1 aromatic carbocycles. The second-order valence-electron chi connectivity index (χ2n) is 5.37. The quantitative estimate of drug-likeness (QED) is 0.630. The van der Waals surface area contributed by atoms with E-state index in [0.29, 0.717) is 6.61 Å². The summed E-state index contributed by atoms with van der Waals surface area (Å²) in [7, 11) is 1.31. The van der Waals surface area contributed by atoms with Gasteiger partial charge in [0.25, 0.3) is 5.89 Å². The molecule has 0 aliphatic rings. The highest BCUT2D eigenvalue weighted by Gasteiger charge is 2.22. The molecule has 27 heavy (non-hydrogen) atoms. The Morgan fingerprint density at radius 3 is 2.74 bits per heavy atom. The Morgan fingerprint density at radius 2 is 2.04 bits per heavy atom. The molecule has 7 nitrogen and oxygen atoms in total. The van der Waals surface area contributed by atoms with Crippen molar-refractivity contribution in [3.05, 3.63) is 34.2 Å². The van der Waals surface area contributed by atoms with Crippen molar-refractivity contribution in [3.8, 4) is 34.7 Å². The van der Waals surface area contributed by atoms with Crippen LogP contribution in [0.1, 0.15) is 13.3 Å². The summed E-state index contributed by atoms with van der Waals surface area (Å²) in [6, 6.07) is 2.88. The lowest BCUT2D eigenvalue weighted by molar-refractivity contribution is 0.245. The Kier molecular flexibility index (Phi) is 5.67. The smallest absolute Gasteiger partial charge is 0.305 e. The molecule has 2 aromatic heterocycles. The van der Waals surface area contributed by atoms with Gasteiger partial charge in [-0.25, -0.2) is 19.3 Å². The SMILES string of the molecule is CCCOc1cnc(-c2nc(-c3ccc(Cl)c(OC)c3F)nc(N)c2Cl)o1. The minimum Gasteiger partial charge on any atom is -0.492 e. The van der Waals surface area contributed by atoms with Crippen LogP contribution in [-0.4, -0.2) is 28.7 Å². The molecule has 2 N–H and O–H groups in total. The van der Waals surface area contributed by atoms with Gasteiger partial charge in [0.2, 0.25) is 0 Å². The lowest BCUT2D eigenvalue weighted by Gasteiger charge is -2.10. The summed E-state index contributed by atoms with van der Waals surface area (Å²) in [5.41, 5.74) is 6.02. The molecule has 3 rings (SSSR count). The molecule has 10 heteroatoms. The number of halogens is 3. The van der Waals surface area contributed by atoms with E-state index < -0.39 is 5.82 Å². The molecule has 0 spiro atoms. The first-order chi connectivity index (χ1) is 13.0. The average molecular weight is 413 g/mol. The first kappa shape index (κ1) is 19.2. The third-order valence-corrected chi connectivity index (χ3v) is 4.18. The molecule has 0 amide bonds. The summed E-state index contributed by atoms with van der Waals surface area (Å²) in [5, 5.41) is 0.148. The number of benzene rings is 1. The molecular weight excluding hydrogens is 398 g/mol. The zero-order valence-corrected chi connectivity index (χ0v) is 15.9. The molecule has 0 unspecified atom stereocenters. The Bertz CT molecular complexity index is 981.